The van der Waals surface area contributed by atoms with Crippen molar-refractivity contribution in [1.82, 2.24) is 24.5 Å². The smallest absolute Gasteiger partial charge is 0.150 e. The van der Waals surface area contributed by atoms with E-state index in [1.165, 1.54) is 12.0 Å². The van der Waals surface area contributed by atoms with Crippen LogP contribution in [0.1, 0.15) is 42.7 Å². The molecule has 2 fully saturated rings. The molecule has 1 aromatic carbocycles. The molecule has 10 heteroatoms. The fourth-order valence-electron chi connectivity index (χ4n) is 5.81. The summed E-state index contributed by atoms with van der Waals surface area (Å²) in [7, 11) is 0. The molecule has 0 saturated carbocycles. The highest BCUT2D eigenvalue weighted by Crippen LogP contribution is 2.37. The van der Waals surface area contributed by atoms with Crippen molar-refractivity contribution in [3.8, 4) is 11.4 Å². The van der Waals surface area contributed by atoms with Crippen LogP contribution in [0.3, 0.4) is 0 Å². The number of hydrogen-bond acceptors (Lipinski definition) is 9. The van der Waals surface area contributed by atoms with E-state index >= 15 is 0 Å². The van der Waals surface area contributed by atoms with E-state index in [0.29, 0.717) is 12.4 Å². The number of nitrogens with two attached hydrogens (primary N) is 1. The molecule has 2 N–H and O–H groups in total. The van der Waals surface area contributed by atoms with Crippen LogP contribution < -0.4 is 15.4 Å². The third kappa shape index (κ3) is 4.93. The van der Waals surface area contributed by atoms with Crippen LogP contribution in [0.25, 0.3) is 27.6 Å². The molecule has 0 aliphatic carbocycles. The van der Waals surface area contributed by atoms with Gasteiger partial charge in [-0.25, -0.2) is 9.97 Å². The summed E-state index contributed by atoms with van der Waals surface area (Å²) in [6.07, 6.45) is 10.0. The molecule has 0 amide bonds. The average Bonchev–Trinajstić information content (AvgIpc) is 3.69. The lowest BCUT2D eigenvalue weighted by molar-refractivity contribution is 0.113. The summed E-state index contributed by atoms with van der Waals surface area (Å²) < 4.78 is 19.8. The standard InChI is InChI=1S/C31H33N7O3/c1-2-21-13-27(37-7-10-39-11-8-37)24-6-5-23(14-26(24)36-21)41-18-20-12-22(16-33-15-20)38-17-25(28-4-3-9-40-28)29-30(32)34-19-35-31(29)38/h5-6,12-17,19,28H,2-4,7-11,18H2,1H3,(H2,32,34,35)/t28-/m0/s1. The van der Waals surface area contributed by atoms with E-state index in [1.54, 1.807) is 0 Å². The molecule has 10 nitrogen and oxygen atoms in total. The van der Waals surface area contributed by atoms with Gasteiger partial charge in [0.05, 0.1) is 42.1 Å². The molecule has 1 atom stereocenters. The normalized spacial score (nSPS) is 17.5. The van der Waals surface area contributed by atoms with Crippen LogP contribution in [0.5, 0.6) is 5.75 Å². The van der Waals surface area contributed by atoms with Crippen LogP contribution in [0.4, 0.5) is 11.5 Å². The first-order valence-electron chi connectivity index (χ1n) is 14.2. The first-order chi connectivity index (χ1) is 20.2. The zero-order valence-electron chi connectivity index (χ0n) is 23.1. The van der Waals surface area contributed by atoms with Gasteiger partial charge in [-0.2, -0.15) is 0 Å². The molecule has 6 heterocycles. The number of morpholine rings is 1. The first kappa shape index (κ1) is 25.7. The number of nitrogen functional groups attached to an aromatic ring is 1. The summed E-state index contributed by atoms with van der Waals surface area (Å²) >= 11 is 0. The Balaban J connectivity index is 1.16. The number of anilines is 2. The van der Waals surface area contributed by atoms with Gasteiger partial charge in [0, 0.05) is 66.1 Å². The molecule has 2 aliphatic rings. The Kier molecular flexibility index (Phi) is 6.85. The van der Waals surface area contributed by atoms with Crippen LogP contribution in [0.15, 0.2) is 55.2 Å². The van der Waals surface area contributed by atoms with Crippen molar-refractivity contribution in [3.63, 3.8) is 0 Å². The number of hydrogen-bond donors (Lipinski definition) is 1. The zero-order chi connectivity index (χ0) is 27.8. The minimum Gasteiger partial charge on any atom is -0.489 e. The monoisotopic (exact) mass is 551 g/mol. The van der Waals surface area contributed by atoms with Gasteiger partial charge in [-0.15, -0.1) is 0 Å². The Bertz CT molecular complexity index is 1710. The predicted molar refractivity (Wildman–Crippen MR) is 157 cm³/mol. The number of ether oxygens (including phenoxy) is 3. The molecule has 0 unspecified atom stereocenters. The van der Waals surface area contributed by atoms with E-state index in [0.717, 1.165) is 102 Å². The Morgan fingerprint density at radius 3 is 2.80 bits per heavy atom. The van der Waals surface area contributed by atoms with Crippen molar-refractivity contribution >= 4 is 33.4 Å². The van der Waals surface area contributed by atoms with Gasteiger partial charge in [0.25, 0.3) is 0 Å². The molecule has 5 aromatic rings. The van der Waals surface area contributed by atoms with Crippen LogP contribution in [-0.4, -0.2) is 57.4 Å². The van der Waals surface area contributed by atoms with E-state index in [4.69, 9.17) is 24.9 Å². The second-order valence-electron chi connectivity index (χ2n) is 10.5. The van der Waals surface area contributed by atoms with Crippen molar-refractivity contribution in [2.45, 2.75) is 38.9 Å². The minimum atomic E-state index is -0.00924. The third-order valence-electron chi connectivity index (χ3n) is 7.91. The zero-order valence-corrected chi connectivity index (χ0v) is 23.1. The van der Waals surface area contributed by atoms with Gasteiger partial charge >= 0.3 is 0 Å². The van der Waals surface area contributed by atoms with Crippen molar-refractivity contribution in [1.29, 1.82) is 0 Å². The number of fused-ring (bicyclic) bond motifs is 2. The summed E-state index contributed by atoms with van der Waals surface area (Å²) in [6.45, 7) is 6.50. The Morgan fingerprint density at radius 1 is 1.07 bits per heavy atom. The fraction of sp³-hybridized carbons (Fsp3) is 0.355. The largest absolute Gasteiger partial charge is 0.489 e. The molecule has 4 aromatic heterocycles. The summed E-state index contributed by atoms with van der Waals surface area (Å²) in [5, 5.41) is 1.97. The van der Waals surface area contributed by atoms with Crippen molar-refractivity contribution in [3.05, 3.63) is 72.1 Å². The lowest BCUT2D eigenvalue weighted by atomic mass is 10.1. The number of aromatic nitrogens is 5. The van der Waals surface area contributed by atoms with Crippen molar-refractivity contribution < 1.29 is 14.2 Å². The molecular weight excluding hydrogens is 518 g/mol. The van der Waals surface area contributed by atoms with Gasteiger partial charge < -0.3 is 24.8 Å². The molecule has 7 rings (SSSR count). The number of aryl methyl sites for hydroxylation is 1. The lowest BCUT2D eigenvalue weighted by Gasteiger charge is -2.30. The Morgan fingerprint density at radius 2 is 1.98 bits per heavy atom. The predicted octanol–water partition coefficient (Wildman–Crippen LogP) is 4.78. The van der Waals surface area contributed by atoms with Gasteiger partial charge in [-0.1, -0.05) is 6.92 Å². The van der Waals surface area contributed by atoms with Gasteiger partial charge in [-0.3, -0.25) is 14.5 Å². The van der Waals surface area contributed by atoms with Gasteiger partial charge in [-0.05, 0) is 43.5 Å². The molecule has 2 aliphatic heterocycles. The maximum absolute atomic E-state index is 6.30. The molecule has 41 heavy (non-hydrogen) atoms. The number of nitrogens with zero attached hydrogens (tertiary/aromatic N) is 6. The van der Waals surface area contributed by atoms with E-state index in [1.807, 2.05) is 29.1 Å². The first-order valence-corrected chi connectivity index (χ1v) is 14.2. The van der Waals surface area contributed by atoms with Crippen LogP contribution in [0.2, 0.25) is 0 Å². The Hall–Kier alpha value is -4.28. The molecule has 0 radical (unpaired) electrons. The van der Waals surface area contributed by atoms with Gasteiger partial charge in [0.2, 0.25) is 0 Å². The van der Waals surface area contributed by atoms with Crippen molar-refractivity contribution in [2.75, 3.05) is 43.5 Å². The molecule has 0 bridgehead atoms. The van der Waals surface area contributed by atoms with Crippen LogP contribution >= 0.6 is 0 Å². The Labute approximate surface area is 238 Å². The maximum atomic E-state index is 6.30. The van der Waals surface area contributed by atoms with Gasteiger partial charge in [0.15, 0.2) is 0 Å². The number of benzene rings is 1. The van der Waals surface area contributed by atoms with Crippen LogP contribution in [-0.2, 0) is 22.5 Å². The van der Waals surface area contributed by atoms with E-state index in [9.17, 15) is 0 Å². The highest BCUT2D eigenvalue weighted by molar-refractivity contribution is 5.93. The van der Waals surface area contributed by atoms with Crippen LogP contribution in [0, 0.1) is 0 Å². The lowest BCUT2D eigenvalue weighted by Crippen LogP contribution is -2.36. The average molecular weight is 552 g/mol. The maximum Gasteiger partial charge on any atom is 0.150 e. The second-order valence-corrected chi connectivity index (χ2v) is 10.5. The third-order valence-corrected chi connectivity index (χ3v) is 7.91. The molecule has 2 saturated heterocycles. The van der Waals surface area contributed by atoms with Gasteiger partial charge in [0.1, 0.15) is 30.1 Å². The van der Waals surface area contributed by atoms with Crippen molar-refractivity contribution in [2.24, 2.45) is 0 Å². The summed E-state index contributed by atoms with van der Waals surface area (Å²) in [5.41, 5.74) is 13.1. The quantitative estimate of drug-likeness (QED) is 0.305. The topological polar surface area (TPSA) is 113 Å². The highest BCUT2D eigenvalue weighted by atomic mass is 16.5. The molecule has 210 valence electrons. The number of rotatable bonds is 7. The number of pyridine rings is 2. The van der Waals surface area contributed by atoms with E-state index in [2.05, 4.69) is 51.2 Å². The fourth-order valence-corrected chi connectivity index (χ4v) is 5.81. The SMILES string of the molecule is CCc1cc(N2CCOCC2)c2ccc(OCc3cncc(-n4cc([C@@H]5CCCO5)c5c(N)ncnc54)c3)cc2n1. The second kappa shape index (κ2) is 10.9. The minimum absolute atomic E-state index is 0.00924. The molecule has 0 spiro atoms. The molecular formula is C31H33N7O3. The van der Waals surface area contributed by atoms with E-state index in [-0.39, 0.29) is 6.10 Å². The highest BCUT2D eigenvalue weighted by Gasteiger charge is 2.25. The summed E-state index contributed by atoms with van der Waals surface area (Å²) in [5.74, 6) is 1.23. The summed E-state index contributed by atoms with van der Waals surface area (Å²) in [4.78, 5) is 20.6. The van der Waals surface area contributed by atoms with E-state index < -0.39 is 0 Å². The summed E-state index contributed by atoms with van der Waals surface area (Å²) in [6, 6.07) is 10.4.